The lowest BCUT2D eigenvalue weighted by Gasteiger charge is -2.08. The maximum Gasteiger partial charge on any atom is 0.189 e. The van der Waals surface area contributed by atoms with Crippen LogP contribution in [0.15, 0.2) is 54.6 Å². The maximum atomic E-state index is 5.55. The van der Waals surface area contributed by atoms with E-state index in [2.05, 4.69) is 13.0 Å². The second-order valence-electron chi connectivity index (χ2n) is 4.10. The third kappa shape index (κ3) is 3.90. The van der Waals surface area contributed by atoms with Crippen LogP contribution >= 0.6 is 0 Å². The number of hydrogen-bond acceptors (Lipinski definition) is 2. The van der Waals surface area contributed by atoms with Gasteiger partial charge in [-0.25, -0.2) is 0 Å². The molecule has 0 saturated carbocycles. The van der Waals surface area contributed by atoms with Crippen molar-refractivity contribution in [2.24, 2.45) is 0 Å². The van der Waals surface area contributed by atoms with E-state index in [0.29, 0.717) is 6.61 Å². The first-order chi connectivity index (χ1) is 8.88. The minimum atomic E-state index is 0.280. The van der Waals surface area contributed by atoms with Crippen LogP contribution in [0.3, 0.4) is 0 Å². The Balaban J connectivity index is 1.75. The molecule has 0 fully saturated rings. The Hall–Kier alpha value is -1.80. The van der Waals surface area contributed by atoms with Crippen molar-refractivity contribution >= 4 is 0 Å². The molecule has 2 aromatic rings. The molecule has 0 heterocycles. The molecule has 0 unspecified atom stereocenters. The Morgan fingerprint density at radius 3 is 2.44 bits per heavy atom. The number of ether oxygens (including phenoxy) is 2. The summed E-state index contributed by atoms with van der Waals surface area (Å²) in [6.45, 7) is 2.99. The van der Waals surface area contributed by atoms with E-state index in [-0.39, 0.29) is 6.79 Å². The summed E-state index contributed by atoms with van der Waals surface area (Å²) in [5.74, 6) is 0.863. The first-order valence-electron chi connectivity index (χ1n) is 6.22. The summed E-state index contributed by atoms with van der Waals surface area (Å²) in [7, 11) is 0. The lowest BCUT2D eigenvalue weighted by Crippen LogP contribution is -2.03. The van der Waals surface area contributed by atoms with Crippen molar-refractivity contribution < 1.29 is 9.47 Å². The van der Waals surface area contributed by atoms with Gasteiger partial charge in [0, 0.05) is 0 Å². The SMILES string of the molecule is CCc1cccc(OCOCc2ccccc2)c1. The third-order valence-electron chi connectivity index (χ3n) is 2.73. The van der Waals surface area contributed by atoms with Crippen LogP contribution in [0, 0.1) is 0 Å². The normalized spacial score (nSPS) is 10.3. The van der Waals surface area contributed by atoms with Crippen molar-refractivity contribution in [1.29, 1.82) is 0 Å². The minimum absolute atomic E-state index is 0.280. The van der Waals surface area contributed by atoms with Gasteiger partial charge in [0.1, 0.15) is 5.75 Å². The fraction of sp³-hybridized carbons (Fsp3) is 0.250. The van der Waals surface area contributed by atoms with Crippen LogP contribution in [0.4, 0.5) is 0 Å². The predicted octanol–water partition coefficient (Wildman–Crippen LogP) is 3.80. The second-order valence-corrected chi connectivity index (χ2v) is 4.10. The number of benzene rings is 2. The Morgan fingerprint density at radius 2 is 1.67 bits per heavy atom. The van der Waals surface area contributed by atoms with Gasteiger partial charge in [-0.2, -0.15) is 0 Å². The zero-order valence-electron chi connectivity index (χ0n) is 10.6. The smallest absolute Gasteiger partial charge is 0.189 e. The average molecular weight is 242 g/mol. The van der Waals surface area contributed by atoms with Gasteiger partial charge in [-0.3, -0.25) is 0 Å². The van der Waals surface area contributed by atoms with E-state index in [1.54, 1.807) is 0 Å². The summed E-state index contributed by atoms with van der Waals surface area (Å²) in [6.07, 6.45) is 1.02. The topological polar surface area (TPSA) is 18.5 Å². The number of aryl methyl sites for hydroxylation is 1. The largest absolute Gasteiger partial charge is 0.468 e. The van der Waals surface area contributed by atoms with Gasteiger partial charge in [0.2, 0.25) is 0 Å². The first kappa shape index (κ1) is 12.7. The van der Waals surface area contributed by atoms with E-state index < -0.39 is 0 Å². The van der Waals surface area contributed by atoms with Crippen LogP contribution in [0.1, 0.15) is 18.1 Å². The zero-order valence-corrected chi connectivity index (χ0v) is 10.6. The van der Waals surface area contributed by atoms with Gasteiger partial charge >= 0.3 is 0 Å². The fourth-order valence-electron chi connectivity index (χ4n) is 1.70. The molecule has 94 valence electrons. The molecule has 0 N–H and O–H groups in total. The van der Waals surface area contributed by atoms with Gasteiger partial charge in [-0.05, 0) is 29.7 Å². The van der Waals surface area contributed by atoms with Crippen LogP contribution in [0.25, 0.3) is 0 Å². The lowest BCUT2D eigenvalue weighted by atomic mass is 10.2. The van der Waals surface area contributed by atoms with Gasteiger partial charge in [0.05, 0.1) is 6.61 Å². The van der Waals surface area contributed by atoms with E-state index in [9.17, 15) is 0 Å². The highest BCUT2D eigenvalue weighted by Crippen LogP contribution is 2.13. The molecule has 18 heavy (non-hydrogen) atoms. The van der Waals surface area contributed by atoms with Crippen molar-refractivity contribution in [1.82, 2.24) is 0 Å². The fourth-order valence-corrected chi connectivity index (χ4v) is 1.70. The Bertz CT molecular complexity index is 466. The monoisotopic (exact) mass is 242 g/mol. The van der Waals surface area contributed by atoms with Gasteiger partial charge < -0.3 is 9.47 Å². The van der Waals surface area contributed by atoms with Crippen molar-refractivity contribution in [2.75, 3.05) is 6.79 Å². The molecule has 0 amide bonds. The van der Waals surface area contributed by atoms with Crippen LogP contribution in [-0.4, -0.2) is 6.79 Å². The van der Waals surface area contributed by atoms with Crippen LogP contribution in [0.2, 0.25) is 0 Å². The highest BCUT2D eigenvalue weighted by Gasteiger charge is 1.96. The molecule has 2 nitrogen and oxygen atoms in total. The maximum absolute atomic E-state index is 5.55. The van der Waals surface area contributed by atoms with Crippen LogP contribution < -0.4 is 4.74 Å². The molecule has 0 atom stereocenters. The van der Waals surface area contributed by atoms with E-state index >= 15 is 0 Å². The molecule has 0 saturated heterocycles. The number of hydrogen-bond donors (Lipinski definition) is 0. The van der Waals surface area contributed by atoms with Crippen molar-refractivity contribution in [3.05, 3.63) is 65.7 Å². The molecular formula is C16H18O2. The third-order valence-corrected chi connectivity index (χ3v) is 2.73. The molecule has 0 aliphatic heterocycles. The Morgan fingerprint density at radius 1 is 0.889 bits per heavy atom. The van der Waals surface area contributed by atoms with E-state index in [1.807, 2.05) is 48.5 Å². The predicted molar refractivity (Wildman–Crippen MR) is 72.5 cm³/mol. The minimum Gasteiger partial charge on any atom is -0.468 e. The van der Waals surface area contributed by atoms with E-state index in [1.165, 1.54) is 5.56 Å². The van der Waals surface area contributed by atoms with Gasteiger partial charge in [0.25, 0.3) is 0 Å². The van der Waals surface area contributed by atoms with E-state index in [0.717, 1.165) is 17.7 Å². The Kier molecular flexibility index (Phi) is 4.79. The zero-order chi connectivity index (χ0) is 12.6. The molecule has 2 aromatic carbocycles. The van der Waals surface area contributed by atoms with Crippen molar-refractivity contribution in [3.8, 4) is 5.75 Å². The first-order valence-corrected chi connectivity index (χ1v) is 6.22. The van der Waals surface area contributed by atoms with Crippen molar-refractivity contribution in [2.45, 2.75) is 20.0 Å². The summed E-state index contributed by atoms with van der Waals surface area (Å²) in [5.41, 5.74) is 2.43. The summed E-state index contributed by atoms with van der Waals surface area (Å²) in [4.78, 5) is 0. The van der Waals surface area contributed by atoms with Gasteiger partial charge in [-0.1, -0.05) is 49.4 Å². The summed E-state index contributed by atoms with van der Waals surface area (Å²) in [5, 5.41) is 0. The van der Waals surface area contributed by atoms with Crippen molar-refractivity contribution in [3.63, 3.8) is 0 Å². The molecular weight excluding hydrogens is 224 g/mol. The number of rotatable bonds is 6. The molecule has 0 radical (unpaired) electrons. The molecule has 2 rings (SSSR count). The lowest BCUT2D eigenvalue weighted by molar-refractivity contribution is 0.00501. The Labute approximate surface area is 108 Å². The summed E-state index contributed by atoms with van der Waals surface area (Å²) >= 11 is 0. The van der Waals surface area contributed by atoms with Crippen LogP contribution in [-0.2, 0) is 17.8 Å². The van der Waals surface area contributed by atoms with E-state index in [4.69, 9.17) is 9.47 Å². The molecule has 2 heteroatoms. The quantitative estimate of drug-likeness (QED) is 0.566. The van der Waals surface area contributed by atoms with Gasteiger partial charge in [-0.15, -0.1) is 0 Å². The standard InChI is InChI=1S/C16H18O2/c1-2-14-9-6-10-16(11-14)18-13-17-12-15-7-4-3-5-8-15/h3-11H,2,12-13H2,1H3. The molecule has 0 bridgehead atoms. The van der Waals surface area contributed by atoms with Crippen LogP contribution in [0.5, 0.6) is 5.75 Å². The average Bonchev–Trinajstić information content (AvgIpc) is 2.45. The molecule has 0 aliphatic rings. The highest BCUT2D eigenvalue weighted by atomic mass is 16.7. The highest BCUT2D eigenvalue weighted by molar-refractivity contribution is 5.28. The summed E-state index contributed by atoms with van der Waals surface area (Å²) in [6, 6.07) is 18.2. The molecule has 0 spiro atoms. The summed E-state index contributed by atoms with van der Waals surface area (Å²) < 4.78 is 11.0. The van der Waals surface area contributed by atoms with Gasteiger partial charge in [0.15, 0.2) is 6.79 Å². The second kappa shape index (κ2) is 6.82. The molecule has 0 aromatic heterocycles. The molecule has 0 aliphatic carbocycles.